The van der Waals surface area contributed by atoms with Gasteiger partial charge in [0, 0.05) is 11.3 Å². The minimum absolute atomic E-state index is 0.269. The monoisotopic (exact) mass is 395 g/mol. The first-order chi connectivity index (χ1) is 13.2. The van der Waals surface area contributed by atoms with E-state index in [1.54, 1.807) is 6.92 Å². The van der Waals surface area contributed by atoms with Crippen molar-refractivity contribution >= 4 is 11.6 Å². The Labute approximate surface area is 161 Å². The lowest BCUT2D eigenvalue weighted by Gasteiger charge is -2.23. The molecule has 1 unspecified atom stereocenters. The number of anilines is 1. The van der Waals surface area contributed by atoms with Gasteiger partial charge in [-0.15, -0.1) is 0 Å². The van der Waals surface area contributed by atoms with Gasteiger partial charge in [-0.3, -0.25) is 4.79 Å². The summed E-state index contributed by atoms with van der Waals surface area (Å²) in [5, 5.41) is 2.67. The number of benzene rings is 2. The lowest BCUT2D eigenvalue weighted by molar-refractivity contribution is -0.907. The zero-order valence-electron chi connectivity index (χ0n) is 15.6. The molecule has 3 rings (SSSR count). The summed E-state index contributed by atoms with van der Waals surface area (Å²) in [6, 6.07) is 9.68. The molecular weight excluding hydrogens is 373 g/mol. The number of alkyl halides is 3. The van der Waals surface area contributed by atoms with Crippen molar-refractivity contribution in [2.24, 2.45) is 0 Å². The summed E-state index contributed by atoms with van der Waals surface area (Å²) in [4.78, 5) is 13.4. The maximum absolute atomic E-state index is 12.6. The van der Waals surface area contributed by atoms with Crippen molar-refractivity contribution in [1.29, 1.82) is 0 Å². The Kier molecular flexibility index (Phi) is 5.79. The second-order valence-electron chi connectivity index (χ2n) is 6.79. The summed E-state index contributed by atoms with van der Waals surface area (Å²) in [5.74, 6) is 1.13. The molecule has 0 saturated heterocycles. The quantitative estimate of drug-likeness (QED) is 0.818. The molecule has 28 heavy (non-hydrogen) atoms. The van der Waals surface area contributed by atoms with Gasteiger partial charge in [-0.25, -0.2) is 0 Å². The summed E-state index contributed by atoms with van der Waals surface area (Å²) in [6.45, 7) is 3.38. The Morgan fingerprint density at radius 3 is 2.39 bits per heavy atom. The first-order valence-corrected chi connectivity index (χ1v) is 8.93. The standard InChI is InChI=1S/C20H21F3N2O3/c1-13(19(26)24-16-6-4-15(5-7-16)20(21,22)23)25(2)12-14-3-8-17-18(11-14)28-10-9-27-17/h3-8,11,13H,9-10,12H2,1-2H3,(H,24,26)/p+1/t13-/m0/s1. The highest BCUT2D eigenvalue weighted by Crippen LogP contribution is 2.31. The third kappa shape index (κ3) is 4.75. The van der Waals surface area contributed by atoms with E-state index in [4.69, 9.17) is 9.47 Å². The van der Waals surface area contributed by atoms with Crippen molar-refractivity contribution < 1.29 is 32.3 Å². The van der Waals surface area contributed by atoms with E-state index in [9.17, 15) is 18.0 Å². The molecule has 1 heterocycles. The maximum Gasteiger partial charge on any atom is 0.416 e. The van der Waals surface area contributed by atoms with Crippen molar-refractivity contribution in [3.63, 3.8) is 0 Å². The smallest absolute Gasteiger partial charge is 0.416 e. The van der Waals surface area contributed by atoms with Crippen LogP contribution in [0.3, 0.4) is 0 Å². The molecule has 0 spiro atoms. The molecular formula is C20H22F3N2O3+. The van der Waals surface area contributed by atoms with Gasteiger partial charge >= 0.3 is 6.18 Å². The number of likely N-dealkylation sites (N-methyl/N-ethyl adjacent to an activating group) is 1. The van der Waals surface area contributed by atoms with Gasteiger partial charge in [-0.1, -0.05) is 0 Å². The molecule has 1 amide bonds. The Hall–Kier alpha value is -2.74. The summed E-state index contributed by atoms with van der Waals surface area (Å²) in [5.41, 5.74) is 0.577. The van der Waals surface area contributed by atoms with E-state index in [1.165, 1.54) is 12.1 Å². The van der Waals surface area contributed by atoms with E-state index < -0.39 is 17.8 Å². The molecule has 150 valence electrons. The van der Waals surface area contributed by atoms with Crippen LogP contribution in [0.5, 0.6) is 11.5 Å². The highest BCUT2D eigenvalue weighted by atomic mass is 19.4. The molecule has 5 nitrogen and oxygen atoms in total. The van der Waals surface area contributed by atoms with Crippen LogP contribution >= 0.6 is 0 Å². The van der Waals surface area contributed by atoms with Gasteiger partial charge in [0.2, 0.25) is 0 Å². The number of hydrogen-bond donors (Lipinski definition) is 2. The van der Waals surface area contributed by atoms with Crippen molar-refractivity contribution in [1.82, 2.24) is 0 Å². The zero-order chi connectivity index (χ0) is 20.3. The number of rotatable bonds is 5. The molecule has 0 saturated carbocycles. The van der Waals surface area contributed by atoms with Crippen LogP contribution in [0.2, 0.25) is 0 Å². The molecule has 0 fully saturated rings. The molecule has 8 heteroatoms. The highest BCUT2D eigenvalue weighted by molar-refractivity contribution is 5.93. The second kappa shape index (κ2) is 8.10. The number of halogens is 3. The van der Waals surface area contributed by atoms with Crippen LogP contribution in [-0.4, -0.2) is 32.2 Å². The van der Waals surface area contributed by atoms with Crippen molar-refractivity contribution in [2.75, 3.05) is 25.6 Å². The Morgan fingerprint density at radius 1 is 1.11 bits per heavy atom. The molecule has 0 bridgehead atoms. The van der Waals surface area contributed by atoms with Gasteiger partial charge in [0.05, 0.1) is 12.6 Å². The molecule has 0 aliphatic carbocycles. The molecule has 2 aromatic carbocycles. The highest BCUT2D eigenvalue weighted by Gasteiger charge is 2.30. The number of carbonyl (C=O) groups is 1. The van der Waals surface area contributed by atoms with Crippen LogP contribution in [0.25, 0.3) is 0 Å². The number of fused-ring (bicyclic) bond motifs is 1. The van der Waals surface area contributed by atoms with Crippen LogP contribution in [0.4, 0.5) is 18.9 Å². The number of nitrogens with one attached hydrogen (secondary N) is 2. The number of amides is 1. The summed E-state index contributed by atoms with van der Waals surface area (Å²) in [6.07, 6.45) is -4.40. The maximum atomic E-state index is 12.6. The van der Waals surface area contributed by atoms with E-state index in [-0.39, 0.29) is 5.91 Å². The molecule has 1 aliphatic rings. The Morgan fingerprint density at radius 2 is 1.75 bits per heavy atom. The van der Waals surface area contributed by atoms with Gasteiger partial charge in [0.25, 0.3) is 5.91 Å². The molecule has 2 aromatic rings. The average molecular weight is 395 g/mol. The molecule has 0 radical (unpaired) electrons. The van der Waals surface area contributed by atoms with Crippen molar-refractivity contribution in [2.45, 2.75) is 25.7 Å². The SMILES string of the molecule is C[C@@H](C(=O)Nc1ccc(C(F)(F)F)cc1)[NH+](C)Cc1ccc2c(c1)OCCO2. The van der Waals surface area contributed by atoms with Crippen molar-refractivity contribution in [3.05, 3.63) is 53.6 Å². The molecule has 0 aromatic heterocycles. The summed E-state index contributed by atoms with van der Waals surface area (Å²) in [7, 11) is 1.88. The zero-order valence-corrected chi connectivity index (χ0v) is 15.6. The average Bonchev–Trinajstić information content (AvgIpc) is 2.67. The first-order valence-electron chi connectivity index (χ1n) is 8.93. The van der Waals surface area contributed by atoms with E-state index >= 15 is 0 Å². The third-order valence-electron chi connectivity index (χ3n) is 4.70. The van der Waals surface area contributed by atoms with Gasteiger partial charge < -0.3 is 19.7 Å². The lowest BCUT2D eigenvalue weighted by atomic mass is 10.1. The lowest BCUT2D eigenvalue weighted by Crippen LogP contribution is -3.12. The fraction of sp³-hybridized carbons (Fsp3) is 0.350. The first kappa shape index (κ1) is 20.0. The largest absolute Gasteiger partial charge is 0.486 e. The predicted octanol–water partition coefficient (Wildman–Crippen LogP) is 2.52. The number of hydrogen-bond acceptors (Lipinski definition) is 3. The fourth-order valence-electron chi connectivity index (χ4n) is 2.89. The number of ether oxygens (including phenoxy) is 2. The topological polar surface area (TPSA) is 52.0 Å². The van der Waals surface area contributed by atoms with E-state index in [2.05, 4.69) is 5.32 Å². The molecule has 2 N–H and O–H groups in total. The minimum Gasteiger partial charge on any atom is -0.486 e. The Balaban J connectivity index is 1.59. The number of carbonyl (C=O) groups excluding carboxylic acids is 1. The molecule has 2 atom stereocenters. The normalized spacial score (nSPS) is 15.6. The van der Waals surface area contributed by atoms with Gasteiger partial charge in [-0.05, 0) is 49.4 Å². The number of quaternary nitrogens is 1. The third-order valence-corrected chi connectivity index (χ3v) is 4.70. The van der Waals surface area contributed by atoms with E-state index in [0.717, 1.165) is 22.6 Å². The minimum atomic E-state index is -4.40. The van der Waals surface area contributed by atoms with Crippen LogP contribution in [0, 0.1) is 0 Å². The fourth-order valence-corrected chi connectivity index (χ4v) is 2.89. The molecule has 1 aliphatic heterocycles. The van der Waals surface area contributed by atoms with E-state index in [1.807, 2.05) is 25.2 Å². The van der Waals surface area contributed by atoms with Gasteiger partial charge in [0.15, 0.2) is 17.5 Å². The Bertz CT molecular complexity index is 838. The predicted molar refractivity (Wildman–Crippen MR) is 97.6 cm³/mol. The van der Waals surface area contributed by atoms with Gasteiger partial charge in [0.1, 0.15) is 19.8 Å². The van der Waals surface area contributed by atoms with Crippen molar-refractivity contribution in [3.8, 4) is 11.5 Å². The van der Waals surface area contributed by atoms with E-state index in [0.29, 0.717) is 36.9 Å². The van der Waals surface area contributed by atoms with Gasteiger partial charge in [-0.2, -0.15) is 13.2 Å². The van der Waals surface area contributed by atoms with Crippen LogP contribution in [0.1, 0.15) is 18.1 Å². The summed E-state index contributed by atoms with van der Waals surface area (Å²) < 4.78 is 48.9. The second-order valence-corrected chi connectivity index (χ2v) is 6.79. The van der Waals surface area contributed by atoms with Crippen LogP contribution < -0.4 is 19.7 Å². The van der Waals surface area contributed by atoms with Crippen LogP contribution in [-0.2, 0) is 17.5 Å². The van der Waals surface area contributed by atoms with Crippen LogP contribution in [0.15, 0.2) is 42.5 Å². The summed E-state index contributed by atoms with van der Waals surface area (Å²) >= 11 is 0.